The molecule has 0 aromatic heterocycles. The molecule has 1 aliphatic heterocycles. The van der Waals surface area contributed by atoms with Crippen molar-refractivity contribution >= 4 is 16.2 Å². The molecule has 1 heterocycles. The summed E-state index contributed by atoms with van der Waals surface area (Å²) >= 11 is 0. The number of rotatable bonds is 5. The van der Waals surface area contributed by atoms with Gasteiger partial charge in [0.25, 0.3) is 10.1 Å². The molecule has 1 aromatic carbocycles. The Kier molecular flexibility index (Phi) is 4.59. The van der Waals surface area contributed by atoms with Crippen molar-refractivity contribution in [1.29, 1.82) is 0 Å². The number of hydrogen-bond donors (Lipinski definition) is 0. The van der Waals surface area contributed by atoms with E-state index in [9.17, 15) is 13.2 Å². The van der Waals surface area contributed by atoms with Gasteiger partial charge in [0, 0.05) is 6.04 Å². The van der Waals surface area contributed by atoms with E-state index in [-0.39, 0.29) is 23.6 Å². The second-order valence-corrected chi connectivity index (χ2v) is 7.76. The first-order valence-electron chi connectivity index (χ1n) is 7.89. The lowest BCUT2D eigenvalue weighted by molar-refractivity contribution is 0.103. The maximum absolute atomic E-state index is 12.1. The molecule has 2 fully saturated rings. The number of cyclic esters (lactones) is 1. The van der Waals surface area contributed by atoms with Crippen molar-refractivity contribution in [2.45, 2.75) is 49.6 Å². The second kappa shape index (κ2) is 6.49. The quantitative estimate of drug-likeness (QED) is 0.771. The molecular formula is C16H21NO5S. The molecule has 0 unspecified atom stereocenters. The number of ether oxygens (including phenoxy) is 1. The van der Waals surface area contributed by atoms with E-state index in [1.165, 1.54) is 12.1 Å². The molecule has 1 aromatic rings. The Morgan fingerprint density at radius 3 is 2.52 bits per heavy atom. The van der Waals surface area contributed by atoms with Crippen LogP contribution in [-0.4, -0.2) is 44.7 Å². The molecule has 3 rings (SSSR count). The summed E-state index contributed by atoms with van der Waals surface area (Å²) in [7, 11) is -3.83. The molecule has 0 N–H and O–H groups in total. The maximum atomic E-state index is 12.1. The van der Waals surface area contributed by atoms with Gasteiger partial charge in [0.15, 0.2) is 0 Å². The van der Waals surface area contributed by atoms with Crippen LogP contribution in [0.4, 0.5) is 4.79 Å². The van der Waals surface area contributed by atoms with Crippen molar-refractivity contribution in [1.82, 2.24) is 4.90 Å². The van der Waals surface area contributed by atoms with E-state index in [0.29, 0.717) is 6.54 Å². The van der Waals surface area contributed by atoms with Crippen LogP contribution in [0.15, 0.2) is 29.2 Å². The summed E-state index contributed by atoms with van der Waals surface area (Å²) in [6.07, 6.45) is 3.32. The van der Waals surface area contributed by atoms with Crippen LogP contribution in [-0.2, 0) is 19.0 Å². The van der Waals surface area contributed by atoms with Crippen LogP contribution in [0.1, 0.15) is 31.2 Å². The van der Waals surface area contributed by atoms with Crippen LogP contribution < -0.4 is 0 Å². The summed E-state index contributed by atoms with van der Waals surface area (Å²) in [5.74, 6) is 0. The minimum atomic E-state index is -3.83. The third kappa shape index (κ3) is 3.67. The van der Waals surface area contributed by atoms with Gasteiger partial charge in [-0.2, -0.15) is 8.42 Å². The van der Waals surface area contributed by atoms with Crippen LogP contribution >= 0.6 is 0 Å². The van der Waals surface area contributed by atoms with Crippen LogP contribution in [0.2, 0.25) is 0 Å². The Hall–Kier alpha value is -1.60. The third-order valence-corrected chi connectivity index (χ3v) is 5.68. The molecule has 126 valence electrons. The van der Waals surface area contributed by atoms with Gasteiger partial charge in [0.1, 0.15) is 12.7 Å². The molecule has 1 aliphatic carbocycles. The van der Waals surface area contributed by atoms with Crippen molar-refractivity contribution in [2.24, 2.45) is 0 Å². The Morgan fingerprint density at radius 1 is 1.22 bits per heavy atom. The molecule has 6 nitrogen and oxygen atoms in total. The summed E-state index contributed by atoms with van der Waals surface area (Å²) in [5.41, 5.74) is 0.973. The summed E-state index contributed by atoms with van der Waals surface area (Å²) < 4.78 is 34.6. The van der Waals surface area contributed by atoms with Crippen molar-refractivity contribution in [2.75, 3.05) is 13.2 Å². The van der Waals surface area contributed by atoms with Crippen molar-refractivity contribution in [3.63, 3.8) is 0 Å². The van der Waals surface area contributed by atoms with Gasteiger partial charge < -0.3 is 9.64 Å². The van der Waals surface area contributed by atoms with Crippen molar-refractivity contribution < 1.29 is 22.1 Å². The fourth-order valence-corrected chi connectivity index (χ4v) is 4.02. The predicted molar refractivity (Wildman–Crippen MR) is 83.5 cm³/mol. The fraction of sp³-hybridized carbons (Fsp3) is 0.562. The highest BCUT2D eigenvalue weighted by atomic mass is 32.2. The first kappa shape index (κ1) is 16.3. The van der Waals surface area contributed by atoms with Gasteiger partial charge in [-0.3, -0.25) is 4.18 Å². The SMILES string of the molecule is Cc1ccc(S(=O)(=O)OC[C@H]2CN(C3CCCC3)C(=O)O2)cc1. The van der Waals surface area contributed by atoms with Gasteiger partial charge in [0.05, 0.1) is 11.4 Å². The zero-order valence-electron chi connectivity index (χ0n) is 13.1. The average molecular weight is 339 g/mol. The zero-order valence-corrected chi connectivity index (χ0v) is 13.9. The second-order valence-electron chi connectivity index (χ2n) is 6.15. The smallest absolute Gasteiger partial charge is 0.410 e. The van der Waals surface area contributed by atoms with Gasteiger partial charge in [-0.05, 0) is 31.9 Å². The lowest BCUT2D eigenvalue weighted by atomic mass is 10.2. The largest absolute Gasteiger partial charge is 0.442 e. The lowest BCUT2D eigenvalue weighted by Crippen LogP contribution is -2.35. The van der Waals surface area contributed by atoms with E-state index < -0.39 is 16.2 Å². The highest BCUT2D eigenvalue weighted by Crippen LogP contribution is 2.27. The lowest BCUT2D eigenvalue weighted by Gasteiger charge is -2.20. The number of aryl methyl sites for hydroxylation is 1. The molecule has 1 saturated heterocycles. The molecule has 1 amide bonds. The van der Waals surface area contributed by atoms with E-state index in [1.807, 2.05) is 6.92 Å². The number of amides is 1. The Balaban J connectivity index is 1.58. The van der Waals surface area contributed by atoms with Crippen LogP contribution in [0.3, 0.4) is 0 Å². The number of nitrogens with zero attached hydrogens (tertiary/aromatic N) is 1. The topological polar surface area (TPSA) is 72.9 Å². The minimum Gasteiger partial charge on any atom is -0.442 e. The molecule has 1 saturated carbocycles. The summed E-state index contributed by atoms with van der Waals surface area (Å²) in [6.45, 7) is 2.13. The summed E-state index contributed by atoms with van der Waals surface area (Å²) in [6, 6.07) is 6.68. The van der Waals surface area contributed by atoms with Gasteiger partial charge in [0.2, 0.25) is 0 Å². The molecule has 2 aliphatic rings. The molecule has 1 atom stereocenters. The number of benzene rings is 1. The van der Waals surface area contributed by atoms with E-state index >= 15 is 0 Å². The maximum Gasteiger partial charge on any atom is 0.410 e. The van der Waals surface area contributed by atoms with Gasteiger partial charge in [-0.25, -0.2) is 4.79 Å². The third-order valence-electron chi connectivity index (χ3n) is 4.39. The molecule has 23 heavy (non-hydrogen) atoms. The van der Waals surface area contributed by atoms with E-state index in [0.717, 1.165) is 31.2 Å². The van der Waals surface area contributed by atoms with Crippen molar-refractivity contribution in [3.8, 4) is 0 Å². The Morgan fingerprint density at radius 2 is 1.87 bits per heavy atom. The molecule has 0 radical (unpaired) electrons. The number of carbonyl (C=O) groups excluding carboxylic acids is 1. The minimum absolute atomic E-state index is 0.111. The fourth-order valence-electron chi connectivity index (χ4n) is 3.08. The van der Waals surface area contributed by atoms with Gasteiger partial charge in [-0.1, -0.05) is 30.5 Å². The predicted octanol–water partition coefficient (Wildman–Crippen LogP) is 2.46. The zero-order chi connectivity index (χ0) is 16.4. The summed E-state index contributed by atoms with van der Waals surface area (Å²) in [4.78, 5) is 13.7. The first-order valence-corrected chi connectivity index (χ1v) is 9.30. The van der Waals surface area contributed by atoms with E-state index in [2.05, 4.69) is 0 Å². The van der Waals surface area contributed by atoms with Gasteiger partial charge >= 0.3 is 6.09 Å². The highest BCUT2D eigenvalue weighted by Gasteiger charge is 2.37. The molecular weight excluding hydrogens is 318 g/mol. The normalized spacial score (nSPS) is 22.6. The summed E-state index contributed by atoms with van der Waals surface area (Å²) in [5, 5.41) is 0. The standard InChI is InChI=1S/C16H21NO5S/c1-12-6-8-15(9-7-12)23(19,20)21-11-14-10-17(16(18)22-14)13-4-2-3-5-13/h6-9,13-14H,2-5,10-11H2,1H3/t14-/m1/s1. The molecule has 7 heteroatoms. The van der Waals surface area contributed by atoms with Gasteiger partial charge in [-0.15, -0.1) is 0 Å². The Labute approximate surface area is 136 Å². The monoisotopic (exact) mass is 339 g/mol. The van der Waals surface area contributed by atoms with Crippen LogP contribution in [0.25, 0.3) is 0 Å². The highest BCUT2D eigenvalue weighted by molar-refractivity contribution is 7.86. The Bertz CT molecular complexity index is 664. The molecule has 0 bridgehead atoms. The van der Waals surface area contributed by atoms with Crippen LogP contribution in [0.5, 0.6) is 0 Å². The number of carbonyl (C=O) groups is 1. The van der Waals surface area contributed by atoms with E-state index in [4.69, 9.17) is 8.92 Å². The number of hydrogen-bond acceptors (Lipinski definition) is 5. The van der Waals surface area contributed by atoms with Crippen molar-refractivity contribution in [3.05, 3.63) is 29.8 Å². The van der Waals surface area contributed by atoms with Crippen LogP contribution in [0, 0.1) is 6.92 Å². The van der Waals surface area contributed by atoms with E-state index in [1.54, 1.807) is 17.0 Å². The average Bonchev–Trinajstić information content (AvgIpc) is 3.15. The molecule has 0 spiro atoms. The first-order chi connectivity index (χ1) is 11.0.